The summed E-state index contributed by atoms with van der Waals surface area (Å²) in [5.74, 6) is 1.68. The monoisotopic (exact) mass is 272 g/mol. The van der Waals surface area contributed by atoms with Gasteiger partial charge in [0.15, 0.2) is 5.82 Å². The van der Waals surface area contributed by atoms with Gasteiger partial charge in [-0.05, 0) is 38.0 Å². The van der Waals surface area contributed by atoms with Gasteiger partial charge in [0.25, 0.3) is 0 Å². The van der Waals surface area contributed by atoms with Crippen molar-refractivity contribution in [3.8, 4) is 11.4 Å². The van der Waals surface area contributed by atoms with E-state index in [4.69, 9.17) is 10.5 Å². The molecule has 0 spiro atoms. The number of nitrogens with two attached hydrogens (primary N) is 1. The largest absolute Gasteiger partial charge is 0.372 e. The Hall–Kier alpha value is -1.72. The van der Waals surface area contributed by atoms with Gasteiger partial charge in [0.2, 0.25) is 0 Å². The van der Waals surface area contributed by atoms with Gasteiger partial charge < -0.3 is 15.0 Å². The molecule has 0 bridgehead atoms. The van der Waals surface area contributed by atoms with Crippen LogP contribution in [0.5, 0.6) is 0 Å². The Labute approximate surface area is 118 Å². The summed E-state index contributed by atoms with van der Waals surface area (Å²) >= 11 is 0. The van der Waals surface area contributed by atoms with Crippen molar-refractivity contribution >= 4 is 0 Å². The molecule has 2 heterocycles. The molecule has 2 aromatic rings. The number of aromatic nitrogens is 3. The van der Waals surface area contributed by atoms with Crippen LogP contribution in [0, 0.1) is 0 Å². The Balaban J connectivity index is 2.13. The zero-order chi connectivity index (χ0) is 14.3. The van der Waals surface area contributed by atoms with E-state index in [0.717, 1.165) is 17.2 Å². The van der Waals surface area contributed by atoms with Crippen LogP contribution in [0.1, 0.15) is 37.7 Å². The molecule has 5 heteroatoms. The van der Waals surface area contributed by atoms with Crippen LogP contribution >= 0.6 is 0 Å². The smallest absolute Gasteiger partial charge is 0.164 e. The van der Waals surface area contributed by atoms with Crippen LogP contribution in [-0.4, -0.2) is 14.8 Å². The summed E-state index contributed by atoms with van der Waals surface area (Å²) in [5.41, 5.74) is 9.24. The summed E-state index contributed by atoms with van der Waals surface area (Å²) < 4.78 is 7.58. The predicted octanol–water partition coefficient (Wildman–Crippen LogP) is 2.19. The number of hydrogen-bond acceptors (Lipinski definition) is 4. The molecular formula is C15H20N4O. The van der Waals surface area contributed by atoms with Crippen molar-refractivity contribution in [2.75, 3.05) is 0 Å². The molecule has 0 fully saturated rings. The molecule has 0 saturated carbocycles. The molecule has 0 amide bonds. The maximum atomic E-state index is 5.79. The molecule has 0 radical (unpaired) electrons. The first-order chi connectivity index (χ1) is 9.50. The lowest BCUT2D eigenvalue weighted by molar-refractivity contribution is 0.134. The van der Waals surface area contributed by atoms with Crippen LogP contribution in [0.25, 0.3) is 11.4 Å². The topological polar surface area (TPSA) is 66.0 Å². The molecule has 2 N–H and O–H groups in total. The first-order valence-corrected chi connectivity index (χ1v) is 6.85. The highest BCUT2D eigenvalue weighted by atomic mass is 16.5. The fourth-order valence-corrected chi connectivity index (χ4v) is 2.65. The van der Waals surface area contributed by atoms with Crippen molar-refractivity contribution < 1.29 is 4.74 Å². The molecule has 106 valence electrons. The van der Waals surface area contributed by atoms with Crippen molar-refractivity contribution in [1.29, 1.82) is 0 Å². The molecular weight excluding hydrogens is 252 g/mol. The molecule has 0 atom stereocenters. The first kappa shape index (κ1) is 13.3. The van der Waals surface area contributed by atoms with E-state index in [1.54, 1.807) is 0 Å². The van der Waals surface area contributed by atoms with Crippen LogP contribution < -0.4 is 5.73 Å². The van der Waals surface area contributed by atoms with E-state index in [9.17, 15) is 0 Å². The van der Waals surface area contributed by atoms with Gasteiger partial charge in [-0.1, -0.05) is 12.1 Å². The maximum Gasteiger partial charge on any atom is 0.164 e. The van der Waals surface area contributed by atoms with Crippen LogP contribution in [0.15, 0.2) is 18.2 Å². The summed E-state index contributed by atoms with van der Waals surface area (Å²) in [4.78, 5) is 0. The summed E-state index contributed by atoms with van der Waals surface area (Å²) in [6.45, 7) is 8.17. The lowest BCUT2D eigenvalue weighted by Gasteiger charge is -2.24. The quantitative estimate of drug-likeness (QED) is 0.910. The molecule has 0 unspecified atom stereocenters. The number of ether oxygens (including phenoxy) is 1. The Morgan fingerprint density at radius 1 is 1.20 bits per heavy atom. The van der Waals surface area contributed by atoms with E-state index in [1.807, 2.05) is 0 Å². The molecule has 1 aromatic carbocycles. The number of hydrogen-bond donors (Lipinski definition) is 1. The minimum absolute atomic E-state index is 0.108. The number of benzene rings is 1. The average Bonchev–Trinajstić information content (AvgIpc) is 3.03. The van der Waals surface area contributed by atoms with E-state index in [0.29, 0.717) is 19.8 Å². The highest BCUT2D eigenvalue weighted by Crippen LogP contribution is 2.29. The van der Waals surface area contributed by atoms with Crippen LogP contribution in [-0.2, 0) is 30.0 Å². The Kier molecular flexibility index (Phi) is 3.11. The molecule has 3 rings (SSSR count). The summed E-state index contributed by atoms with van der Waals surface area (Å²) in [5, 5.41) is 8.57. The summed E-state index contributed by atoms with van der Waals surface area (Å²) in [6.07, 6.45) is 0. The molecule has 0 aliphatic carbocycles. The van der Waals surface area contributed by atoms with Crippen molar-refractivity contribution in [3.05, 3.63) is 35.2 Å². The van der Waals surface area contributed by atoms with Crippen molar-refractivity contribution in [3.63, 3.8) is 0 Å². The molecule has 1 aliphatic rings. The molecule has 1 aromatic heterocycles. The average molecular weight is 272 g/mol. The van der Waals surface area contributed by atoms with Gasteiger partial charge in [-0.3, -0.25) is 0 Å². The zero-order valence-corrected chi connectivity index (χ0v) is 12.2. The fourth-order valence-electron chi connectivity index (χ4n) is 2.65. The summed E-state index contributed by atoms with van der Waals surface area (Å²) in [6, 6.07) is 6.34. The first-order valence-electron chi connectivity index (χ1n) is 6.85. The van der Waals surface area contributed by atoms with Gasteiger partial charge in [-0.25, -0.2) is 0 Å². The zero-order valence-electron chi connectivity index (χ0n) is 12.2. The lowest BCUT2D eigenvalue weighted by atomic mass is 10.0. The second kappa shape index (κ2) is 4.68. The summed E-state index contributed by atoms with van der Waals surface area (Å²) in [7, 11) is 0. The second-order valence-corrected chi connectivity index (χ2v) is 6.13. The number of fused-ring (bicyclic) bond motifs is 1. The predicted molar refractivity (Wildman–Crippen MR) is 76.8 cm³/mol. The Bertz CT molecular complexity index is 640. The van der Waals surface area contributed by atoms with Gasteiger partial charge in [-0.15, -0.1) is 10.2 Å². The number of nitrogens with zero attached hydrogens (tertiary/aromatic N) is 3. The third-order valence-electron chi connectivity index (χ3n) is 3.56. The second-order valence-electron chi connectivity index (χ2n) is 6.13. The molecule has 0 saturated heterocycles. The van der Waals surface area contributed by atoms with Crippen LogP contribution in [0.2, 0.25) is 0 Å². The number of rotatable bonds is 2. The molecule has 20 heavy (non-hydrogen) atoms. The van der Waals surface area contributed by atoms with E-state index in [2.05, 4.69) is 53.7 Å². The van der Waals surface area contributed by atoms with Crippen LogP contribution in [0.3, 0.4) is 0 Å². The standard InChI is InChI=1S/C15H20N4O/c1-15(2,3)19-13(7-16)17-18-14(19)10-4-5-11-8-20-9-12(11)6-10/h4-6H,7-9,16H2,1-3H3. The molecule has 1 aliphatic heterocycles. The van der Waals surface area contributed by atoms with Crippen LogP contribution in [0.4, 0.5) is 0 Å². The third kappa shape index (κ3) is 2.13. The normalized spacial score (nSPS) is 14.6. The van der Waals surface area contributed by atoms with E-state index in [-0.39, 0.29) is 5.54 Å². The minimum atomic E-state index is -0.108. The highest BCUT2D eigenvalue weighted by molar-refractivity contribution is 5.58. The van der Waals surface area contributed by atoms with Gasteiger partial charge in [-0.2, -0.15) is 0 Å². The van der Waals surface area contributed by atoms with E-state index < -0.39 is 0 Å². The maximum absolute atomic E-state index is 5.79. The van der Waals surface area contributed by atoms with Crippen molar-refractivity contribution in [2.45, 2.75) is 46.1 Å². The third-order valence-corrected chi connectivity index (χ3v) is 3.56. The minimum Gasteiger partial charge on any atom is -0.372 e. The van der Waals surface area contributed by atoms with Gasteiger partial charge in [0, 0.05) is 11.1 Å². The fraction of sp³-hybridized carbons (Fsp3) is 0.467. The van der Waals surface area contributed by atoms with Gasteiger partial charge in [0.1, 0.15) is 5.82 Å². The Morgan fingerprint density at radius 3 is 2.65 bits per heavy atom. The van der Waals surface area contributed by atoms with E-state index >= 15 is 0 Å². The van der Waals surface area contributed by atoms with E-state index in [1.165, 1.54) is 11.1 Å². The Morgan fingerprint density at radius 2 is 1.95 bits per heavy atom. The highest BCUT2D eigenvalue weighted by Gasteiger charge is 2.24. The SMILES string of the molecule is CC(C)(C)n1c(CN)nnc1-c1ccc2c(c1)COC2. The lowest BCUT2D eigenvalue weighted by Crippen LogP contribution is -2.26. The molecule has 5 nitrogen and oxygen atoms in total. The van der Waals surface area contributed by atoms with Gasteiger partial charge >= 0.3 is 0 Å². The van der Waals surface area contributed by atoms with Gasteiger partial charge in [0.05, 0.1) is 19.8 Å². The van der Waals surface area contributed by atoms with Crippen molar-refractivity contribution in [1.82, 2.24) is 14.8 Å². The van der Waals surface area contributed by atoms with Crippen molar-refractivity contribution in [2.24, 2.45) is 5.73 Å².